The van der Waals surface area contributed by atoms with Gasteiger partial charge >= 0.3 is 0 Å². The van der Waals surface area contributed by atoms with Crippen molar-refractivity contribution in [3.8, 4) is 0 Å². The molecule has 0 N–H and O–H groups in total. The Kier molecular flexibility index (Phi) is 5.73. The highest BCUT2D eigenvalue weighted by Crippen LogP contribution is 2.40. The maximum Gasteiger partial charge on any atom is 0.0620 e. The Labute approximate surface area is 125 Å². The van der Waals surface area contributed by atoms with Crippen LogP contribution in [0, 0.1) is 31.6 Å². The fourth-order valence-corrected chi connectivity index (χ4v) is 4.03. The molecular formula is C16H24BrCl. The van der Waals surface area contributed by atoms with Crippen molar-refractivity contribution in [2.75, 3.05) is 0 Å². The van der Waals surface area contributed by atoms with Gasteiger partial charge in [0.2, 0.25) is 0 Å². The number of hydrogen-bond donors (Lipinski definition) is 0. The number of rotatable bonds is 4. The van der Waals surface area contributed by atoms with Gasteiger partial charge in [0.1, 0.15) is 0 Å². The van der Waals surface area contributed by atoms with E-state index in [0.717, 1.165) is 0 Å². The van der Waals surface area contributed by atoms with Gasteiger partial charge in [0.05, 0.1) is 5.38 Å². The fraction of sp³-hybridized carbons (Fsp3) is 0.625. The van der Waals surface area contributed by atoms with Crippen LogP contribution < -0.4 is 0 Å². The zero-order valence-corrected chi connectivity index (χ0v) is 14.6. The van der Waals surface area contributed by atoms with E-state index in [0.29, 0.717) is 17.8 Å². The van der Waals surface area contributed by atoms with Gasteiger partial charge in [0.25, 0.3) is 0 Å². The van der Waals surface area contributed by atoms with Gasteiger partial charge in [-0.05, 0) is 54.4 Å². The van der Waals surface area contributed by atoms with Gasteiger partial charge < -0.3 is 0 Å². The molecule has 1 aromatic rings. The van der Waals surface area contributed by atoms with Gasteiger partial charge in [0.15, 0.2) is 0 Å². The molecule has 1 unspecified atom stereocenters. The van der Waals surface area contributed by atoms with Crippen molar-refractivity contribution in [1.29, 1.82) is 0 Å². The second-order valence-electron chi connectivity index (χ2n) is 5.93. The highest BCUT2D eigenvalue weighted by atomic mass is 79.9. The van der Waals surface area contributed by atoms with Gasteiger partial charge in [-0.3, -0.25) is 0 Å². The lowest BCUT2D eigenvalue weighted by atomic mass is 9.79. The number of halogens is 2. The van der Waals surface area contributed by atoms with Crippen molar-refractivity contribution >= 4 is 27.5 Å². The average molecular weight is 332 g/mol. The van der Waals surface area contributed by atoms with Crippen LogP contribution in [0.1, 0.15) is 49.8 Å². The van der Waals surface area contributed by atoms with E-state index in [1.54, 1.807) is 0 Å². The molecule has 1 rings (SSSR count). The molecule has 0 nitrogen and oxygen atoms in total. The van der Waals surface area contributed by atoms with Crippen LogP contribution in [0.4, 0.5) is 0 Å². The lowest BCUT2D eigenvalue weighted by Gasteiger charge is -2.31. The van der Waals surface area contributed by atoms with Crippen LogP contribution >= 0.6 is 27.5 Å². The normalized spacial score (nSPS) is 13.7. The molecule has 0 aliphatic heterocycles. The molecule has 1 atom stereocenters. The van der Waals surface area contributed by atoms with Crippen LogP contribution in [0.25, 0.3) is 0 Å². The van der Waals surface area contributed by atoms with Crippen molar-refractivity contribution in [3.05, 3.63) is 33.3 Å². The van der Waals surface area contributed by atoms with Crippen LogP contribution in [-0.2, 0) is 0 Å². The molecule has 0 radical (unpaired) electrons. The number of hydrogen-bond acceptors (Lipinski definition) is 0. The second-order valence-corrected chi connectivity index (χ2v) is 7.25. The summed E-state index contributed by atoms with van der Waals surface area (Å²) in [6, 6.07) is 4.41. The molecule has 0 heterocycles. The fourth-order valence-electron chi connectivity index (χ4n) is 2.75. The summed E-state index contributed by atoms with van der Waals surface area (Å²) in [5.41, 5.74) is 3.82. The molecule has 0 spiro atoms. The van der Waals surface area contributed by atoms with E-state index in [-0.39, 0.29) is 5.38 Å². The quantitative estimate of drug-likeness (QED) is 0.570. The molecule has 102 valence electrons. The molecule has 0 fully saturated rings. The van der Waals surface area contributed by atoms with Crippen LogP contribution in [0.3, 0.4) is 0 Å². The van der Waals surface area contributed by atoms with Crippen molar-refractivity contribution in [2.45, 2.75) is 46.9 Å². The van der Waals surface area contributed by atoms with Crippen molar-refractivity contribution < 1.29 is 0 Å². The summed E-state index contributed by atoms with van der Waals surface area (Å²) in [7, 11) is 0. The minimum Gasteiger partial charge on any atom is -0.117 e. The lowest BCUT2D eigenvalue weighted by Crippen LogP contribution is -2.21. The van der Waals surface area contributed by atoms with Gasteiger partial charge in [-0.15, -0.1) is 11.6 Å². The van der Waals surface area contributed by atoms with E-state index in [2.05, 4.69) is 69.6 Å². The van der Waals surface area contributed by atoms with E-state index < -0.39 is 0 Å². The van der Waals surface area contributed by atoms with Gasteiger partial charge in [-0.1, -0.05) is 49.7 Å². The molecule has 0 saturated carbocycles. The molecule has 0 saturated heterocycles. The standard InChI is InChI=1S/C16H24BrCl/c1-9(2)15(10(3)4)16(18)13-7-12(6)14(17)8-11(13)5/h7-10,15-16H,1-6H3. The average Bonchev–Trinajstić information content (AvgIpc) is 2.22. The maximum absolute atomic E-state index is 6.78. The molecule has 1 aromatic carbocycles. The minimum atomic E-state index is 0.0943. The van der Waals surface area contributed by atoms with Crippen molar-refractivity contribution in [1.82, 2.24) is 0 Å². The van der Waals surface area contributed by atoms with Crippen molar-refractivity contribution in [3.63, 3.8) is 0 Å². The highest BCUT2D eigenvalue weighted by molar-refractivity contribution is 9.10. The topological polar surface area (TPSA) is 0 Å². The van der Waals surface area contributed by atoms with Crippen LogP contribution in [0.15, 0.2) is 16.6 Å². The molecule has 2 heteroatoms. The molecule has 0 aliphatic carbocycles. The first-order valence-electron chi connectivity index (χ1n) is 6.66. The first-order valence-corrected chi connectivity index (χ1v) is 7.89. The molecule has 0 amide bonds. The van der Waals surface area contributed by atoms with E-state index in [1.807, 2.05) is 0 Å². The molecule has 0 aromatic heterocycles. The summed E-state index contributed by atoms with van der Waals surface area (Å²) in [5.74, 6) is 1.69. The van der Waals surface area contributed by atoms with Crippen molar-refractivity contribution in [2.24, 2.45) is 17.8 Å². The van der Waals surface area contributed by atoms with E-state index in [1.165, 1.54) is 21.2 Å². The van der Waals surface area contributed by atoms with Crippen LogP contribution in [0.2, 0.25) is 0 Å². The first kappa shape index (κ1) is 16.0. The summed E-state index contributed by atoms with van der Waals surface area (Å²) in [5, 5.41) is 0.0943. The molecule has 0 bridgehead atoms. The first-order chi connectivity index (χ1) is 8.25. The highest BCUT2D eigenvalue weighted by Gasteiger charge is 2.28. The third-order valence-corrected chi connectivity index (χ3v) is 5.10. The summed E-state index contributed by atoms with van der Waals surface area (Å²) in [6.07, 6.45) is 0. The number of benzene rings is 1. The minimum absolute atomic E-state index is 0.0943. The number of aryl methyl sites for hydroxylation is 2. The molecule has 18 heavy (non-hydrogen) atoms. The Morgan fingerprint density at radius 3 is 1.89 bits per heavy atom. The van der Waals surface area contributed by atoms with Gasteiger partial charge in [-0.2, -0.15) is 0 Å². The lowest BCUT2D eigenvalue weighted by molar-refractivity contribution is 0.277. The largest absolute Gasteiger partial charge is 0.117 e. The van der Waals surface area contributed by atoms with Gasteiger partial charge in [0, 0.05) is 4.47 Å². The second kappa shape index (κ2) is 6.43. The van der Waals surface area contributed by atoms with E-state index >= 15 is 0 Å². The predicted molar refractivity (Wildman–Crippen MR) is 85.4 cm³/mol. The Bertz CT molecular complexity index is 402. The van der Waals surface area contributed by atoms with Crippen LogP contribution in [0.5, 0.6) is 0 Å². The van der Waals surface area contributed by atoms with Gasteiger partial charge in [-0.25, -0.2) is 0 Å². The summed E-state index contributed by atoms with van der Waals surface area (Å²) in [6.45, 7) is 13.3. The third kappa shape index (κ3) is 3.51. The zero-order chi connectivity index (χ0) is 14.0. The number of alkyl halides is 1. The smallest absolute Gasteiger partial charge is 0.0620 e. The Hall–Kier alpha value is -0.0100. The Balaban J connectivity index is 3.16. The third-order valence-electron chi connectivity index (χ3n) is 3.72. The monoisotopic (exact) mass is 330 g/mol. The predicted octanol–water partition coefficient (Wildman–Crippen LogP) is 6.27. The Morgan fingerprint density at radius 2 is 1.44 bits per heavy atom. The molecular weight excluding hydrogens is 308 g/mol. The molecule has 0 aliphatic rings. The zero-order valence-electron chi connectivity index (χ0n) is 12.2. The summed E-state index contributed by atoms with van der Waals surface area (Å²) < 4.78 is 1.17. The van der Waals surface area contributed by atoms with E-state index in [4.69, 9.17) is 11.6 Å². The summed E-state index contributed by atoms with van der Waals surface area (Å²) in [4.78, 5) is 0. The maximum atomic E-state index is 6.78. The van der Waals surface area contributed by atoms with E-state index in [9.17, 15) is 0 Å². The SMILES string of the molecule is Cc1cc(C(Cl)C(C(C)C)C(C)C)c(C)cc1Br. The summed E-state index contributed by atoms with van der Waals surface area (Å²) >= 11 is 10.4. The van der Waals surface area contributed by atoms with Crippen LogP contribution in [-0.4, -0.2) is 0 Å². The Morgan fingerprint density at radius 1 is 0.944 bits per heavy atom.